The van der Waals surface area contributed by atoms with E-state index in [4.69, 9.17) is 27.9 Å². The van der Waals surface area contributed by atoms with E-state index in [9.17, 15) is 9.59 Å². The van der Waals surface area contributed by atoms with Gasteiger partial charge in [0.25, 0.3) is 5.91 Å². The molecular formula is C23H26BrCl2N3O3. The smallest absolute Gasteiger partial charge is 0.327 e. The summed E-state index contributed by atoms with van der Waals surface area (Å²) in [5.41, 5.74) is 1.89. The number of nitrogens with zero attached hydrogens (tertiary/aromatic N) is 2. The van der Waals surface area contributed by atoms with Gasteiger partial charge < -0.3 is 10.1 Å². The number of carbonyl (C=O) groups is 2. The highest BCUT2D eigenvalue weighted by Crippen LogP contribution is 2.28. The number of amides is 1. The van der Waals surface area contributed by atoms with Crippen LogP contribution in [0.15, 0.2) is 51.9 Å². The van der Waals surface area contributed by atoms with Crippen molar-refractivity contribution in [3.8, 4) is 0 Å². The lowest BCUT2D eigenvalue weighted by atomic mass is 10.2. The molecule has 2 aromatic rings. The molecule has 3 rings (SSSR count). The Morgan fingerprint density at radius 2 is 1.75 bits per heavy atom. The van der Waals surface area contributed by atoms with Crippen molar-refractivity contribution in [1.29, 1.82) is 0 Å². The number of anilines is 1. The Hall–Kier alpha value is -2.09. The second kappa shape index (κ2) is 12.8. The fourth-order valence-corrected chi connectivity index (χ4v) is 3.70. The first-order valence-corrected chi connectivity index (χ1v) is 11.8. The molecule has 1 aliphatic rings. The van der Waals surface area contributed by atoms with E-state index in [1.807, 2.05) is 6.92 Å². The van der Waals surface area contributed by atoms with Crippen LogP contribution in [-0.2, 0) is 20.7 Å². The van der Waals surface area contributed by atoms with Gasteiger partial charge in [-0.2, -0.15) is 0 Å². The van der Waals surface area contributed by atoms with Gasteiger partial charge in [-0.1, -0.05) is 65.1 Å². The second-order valence-corrected chi connectivity index (χ2v) is 8.62. The quantitative estimate of drug-likeness (QED) is 0.479. The van der Waals surface area contributed by atoms with Crippen molar-refractivity contribution < 1.29 is 14.3 Å². The lowest BCUT2D eigenvalue weighted by molar-refractivity contribution is -0.141. The zero-order valence-corrected chi connectivity index (χ0v) is 21.3. The van der Waals surface area contributed by atoms with Crippen molar-refractivity contribution in [2.45, 2.75) is 39.7 Å². The van der Waals surface area contributed by atoms with Crippen LogP contribution in [0.3, 0.4) is 0 Å². The van der Waals surface area contributed by atoms with E-state index in [-0.39, 0.29) is 25.0 Å². The van der Waals surface area contributed by atoms with Crippen LogP contribution >= 0.6 is 39.1 Å². The summed E-state index contributed by atoms with van der Waals surface area (Å²) in [7, 11) is 0. The Morgan fingerprint density at radius 3 is 2.28 bits per heavy atom. The van der Waals surface area contributed by atoms with Crippen molar-refractivity contribution in [3.63, 3.8) is 0 Å². The average Bonchev–Trinajstić information content (AvgIpc) is 3.08. The number of rotatable bonds is 6. The van der Waals surface area contributed by atoms with E-state index in [0.29, 0.717) is 22.2 Å². The maximum absolute atomic E-state index is 12.5. The summed E-state index contributed by atoms with van der Waals surface area (Å²) in [6.45, 7) is 5.86. The zero-order valence-electron chi connectivity index (χ0n) is 18.2. The summed E-state index contributed by atoms with van der Waals surface area (Å²) in [4.78, 5) is 29.5. The van der Waals surface area contributed by atoms with Gasteiger partial charge in [-0.15, -0.1) is 0 Å². The number of guanidine groups is 1. The van der Waals surface area contributed by atoms with E-state index in [1.54, 1.807) is 25.1 Å². The molecule has 1 saturated heterocycles. The lowest BCUT2D eigenvalue weighted by Crippen LogP contribution is -2.33. The normalized spacial score (nSPS) is 16.4. The Labute approximate surface area is 207 Å². The first-order chi connectivity index (χ1) is 15.3. The van der Waals surface area contributed by atoms with Gasteiger partial charge in [0.2, 0.25) is 5.96 Å². The fraction of sp³-hybridized carbons (Fsp3) is 0.348. The minimum Gasteiger partial charge on any atom is -0.465 e. The van der Waals surface area contributed by atoms with Crippen LogP contribution in [0.4, 0.5) is 5.69 Å². The first-order valence-electron chi connectivity index (χ1n) is 10.3. The molecule has 1 fully saturated rings. The summed E-state index contributed by atoms with van der Waals surface area (Å²) < 4.78 is 5.99. The van der Waals surface area contributed by atoms with Crippen LogP contribution in [0.1, 0.15) is 32.8 Å². The monoisotopic (exact) mass is 541 g/mol. The van der Waals surface area contributed by atoms with Crippen molar-refractivity contribution in [2.75, 3.05) is 18.1 Å². The lowest BCUT2D eigenvalue weighted by Gasteiger charge is -2.16. The van der Waals surface area contributed by atoms with Crippen LogP contribution < -0.4 is 10.2 Å². The molecule has 0 aromatic heterocycles. The van der Waals surface area contributed by atoms with Crippen LogP contribution in [0, 0.1) is 0 Å². The average molecular weight is 543 g/mol. The van der Waals surface area contributed by atoms with Gasteiger partial charge in [0.05, 0.1) is 12.3 Å². The minimum absolute atomic E-state index is 0.173. The molecule has 172 valence electrons. The number of benzene rings is 2. The van der Waals surface area contributed by atoms with E-state index in [0.717, 1.165) is 10.9 Å². The fourth-order valence-electron chi connectivity index (χ4n) is 2.92. The number of carbonyl (C=O) groups excluding carboxylic acids is 2. The van der Waals surface area contributed by atoms with E-state index in [1.165, 1.54) is 10.5 Å². The number of ether oxygens (including phenoxy) is 1. The van der Waals surface area contributed by atoms with Crippen molar-refractivity contribution >= 4 is 62.7 Å². The third-order valence-electron chi connectivity index (χ3n) is 4.53. The minimum atomic E-state index is -0.460. The predicted molar refractivity (Wildman–Crippen MR) is 134 cm³/mol. The SMILES string of the molecule is CCOC(=O)CN=C1NC(CC)C(=O)N1c1cc(Cl)cc(Cl)c1.CCc1ccc(Br)cc1. The standard InChI is InChI=1S/C15H17Cl2N3O3.C8H9Br/c1-3-12-14(22)20(11-6-9(16)5-10(17)7-11)15(19-12)18-8-13(21)23-4-2;1-2-7-3-5-8(9)6-4-7/h5-7,12H,3-4,8H2,1-2H3,(H,18,19);3-6H,2H2,1H3. The maximum Gasteiger partial charge on any atom is 0.327 e. The molecule has 1 atom stereocenters. The highest BCUT2D eigenvalue weighted by Gasteiger charge is 2.36. The number of aliphatic imine (C=N–C) groups is 1. The summed E-state index contributed by atoms with van der Waals surface area (Å²) in [6.07, 6.45) is 1.70. The molecule has 0 aliphatic carbocycles. The van der Waals surface area contributed by atoms with Crippen LogP contribution in [-0.4, -0.2) is 37.0 Å². The molecule has 2 aromatic carbocycles. The number of hydrogen-bond acceptors (Lipinski definition) is 4. The first kappa shape index (κ1) is 26.2. The summed E-state index contributed by atoms with van der Waals surface area (Å²) >= 11 is 15.4. The summed E-state index contributed by atoms with van der Waals surface area (Å²) in [6, 6.07) is 12.8. The van der Waals surface area contributed by atoms with Gasteiger partial charge in [-0.3, -0.25) is 9.59 Å². The van der Waals surface area contributed by atoms with Gasteiger partial charge in [-0.05, 0) is 55.7 Å². The number of nitrogens with one attached hydrogen (secondary N) is 1. The predicted octanol–water partition coefficient (Wildman–Crippen LogP) is 5.64. The number of aryl methyl sites for hydroxylation is 1. The topological polar surface area (TPSA) is 71.0 Å². The Kier molecular flexibility index (Phi) is 10.5. The molecular weight excluding hydrogens is 517 g/mol. The van der Waals surface area contributed by atoms with Crippen LogP contribution in [0.25, 0.3) is 0 Å². The number of hydrogen-bond donors (Lipinski definition) is 1. The van der Waals surface area contributed by atoms with E-state index < -0.39 is 12.0 Å². The highest BCUT2D eigenvalue weighted by atomic mass is 79.9. The second-order valence-electron chi connectivity index (χ2n) is 6.83. The molecule has 32 heavy (non-hydrogen) atoms. The third kappa shape index (κ3) is 7.50. The van der Waals surface area contributed by atoms with Gasteiger partial charge >= 0.3 is 5.97 Å². The molecule has 0 spiro atoms. The maximum atomic E-state index is 12.5. The van der Waals surface area contributed by atoms with Crippen LogP contribution in [0.5, 0.6) is 0 Å². The van der Waals surface area contributed by atoms with E-state index in [2.05, 4.69) is 57.4 Å². The Balaban J connectivity index is 0.000000336. The molecule has 1 heterocycles. The van der Waals surface area contributed by atoms with E-state index >= 15 is 0 Å². The van der Waals surface area contributed by atoms with Gasteiger partial charge in [0.15, 0.2) is 0 Å². The van der Waals surface area contributed by atoms with Crippen molar-refractivity contribution in [3.05, 3.63) is 62.5 Å². The molecule has 1 aliphatic heterocycles. The van der Waals surface area contributed by atoms with Crippen LogP contribution in [0.2, 0.25) is 10.0 Å². The zero-order chi connectivity index (χ0) is 23.7. The molecule has 1 N–H and O–H groups in total. The summed E-state index contributed by atoms with van der Waals surface area (Å²) in [5, 5.41) is 3.82. The van der Waals surface area contributed by atoms with Gasteiger partial charge in [0.1, 0.15) is 12.6 Å². The Morgan fingerprint density at radius 1 is 1.12 bits per heavy atom. The van der Waals surface area contributed by atoms with Gasteiger partial charge in [0, 0.05) is 14.5 Å². The summed E-state index contributed by atoms with van der Waals surface area (Å²) in [5.74, 6) is -0.347. The van der Waals surface area contributed by atoms with Crippen molar-refractivity contribution in [1.82, 2.24) is 5.32 Å². The Bertz CT molecular complexity index is 947. The molecule has 6 nitrogen and oxygen atoms in total. The molecule has 0 bridgehead atoms. The van der Waals surface area contributed by atoms with Gasteiger partial charge in [-0.25, -0.2) is 9.89 Å². The molecule has 1 amide bonds. The molecule has 1 unspecified atom stereocenters. The highest BCUT2D eigenvalue weighted by molar-refractivity contribution is 9.10. The van der Waals surface area contributed by atoms with Crippen molar-refractivity contribution in [2.24, 2.45) is 4.99 Å². The molecule has 9 heteroatoms. The third-order valence-corrected chi connectivity index (χ3v) is 5.50. The largest absolute Gasteiger partial charge is 0.465 e. The number of esters is 1. The molecule has 0 saturated carbocycles. The number of halogens is 3. The molecule has 0 radical (unpaired) electrons.